The first-order chi connectivity index (χ1) is 8.12. The molecule has 106 valence electrons. The number of rotatable bonds is 12. The van der Waals surface area contributed by atoms with Gasteiger partial charge in [-0.05, 0) is 0 Å². The molecular formula is C14H30I2Te. The molecule has 0 saturated heterocycles. The molecule has 0 N–H and O–H groups in total. The molecule has 0 heterocycles. The molecule has 0 aromatic heterocycles. The fourth-order valence-corrected chi connectivity index (χ4v) is 14.5. The second-order valence-electron chi connectivity index (χ2n) is 4.94. The predicted molar refractivity (Wildman–Crippen MR) is 101 cm³/mol. The molecule has 0 radical (unpaired) electrons. The van der Waals surface area contributed by atoms with Crippen LogP contribution in [0.1, 0.15) is 78.1 Å². The molecule has 0 spiro atoms. The maximum absolute atomic E-state index is 2.87. The van der Waals surface area contributed by atoms with E-state index < -0.39 is 10.3 Å². The standard InChI is InChI=1S/C14H30I2Te/c1-3-5-7-9-11-13-17(15,16)14-12-10-8-6-4-2/h3-14H2,1-2H3. The fraction of sp³-hybridized carbons (Fsp3) is 1.00. The summed E-state index contributed by atoms with van der Waals surface area (Å²) in [7, 11) is -1.41. The van der Waals surface area contributed by atoms with Gasteiger partial charge < -0.3 is 0 Å². The Bertz CT molecular complexity index is 144. The molecule has 0 unspecified atom stereocenters. The summed E-state index contributed by atoms with van der Waals surface area (Å²) in [6, 6.07) is 0. The molecule has 0 aliphatic heterocycles. The Morgan fingerprint density at radius 2 is 0.941 bits per heavy atom. The fourth-order valence-electron chi connectivity index (χ4n) is 1.94. The molecule has 0 aliphatic carbocycles. The third-order valence-electron chi connectivity index (χ3n) is 3.09. The van der Waals surface area contributed by atoms with Crippen LogP contribution in [0.5, 0.6) is 0 Å². The van der Waals surface area contributed by atoms with Gasteiger partial charge >= 0.3 is 135 Å². The van der Waals surface area contributed by atoms with Crippen LogP contribution < -0.4 is 0 Å². The molecule has 0 aliphatic rings. The van der Waals surface area contributed by atoms with E-state index in [4.69, 9.17) is 0 Å². The zero-order valence-electron chi connectivity index (χ0n) is 11.6. The Hall–Kier alpha value is 2.25. The van der Waals surface area contributed by atoms with Gasteiger partial charge in [-0.3, -0.25) is 0 Å². The zero-order chi connectivity index (χ0) is 13.0. The van der Waals surface area contributed by atoms with Gasteiger partial charge in [0.15, 0.2) is 0 Å². The van der Waals surface area contributed by atoms with Crippen LogP contribution in [0.3, 0.4) is 0 Å². The summed E-state index contributed by atoms with van der Waals surface area (Å²) in [4.78, 5) is 0. The van der Waals surface area contributed by atoms with Gasteiger partial charge in [-0.1, -0.05) is 0 Å². The first kappa shape index (κ1) is 19.2. The third kappa shape index (κ3) is 14.5. The number of halogens is 2. The van der Waals surface area contributed by atoms with Gasteiger partial charge in [0.1, 0.15) is 0 Å². The Balaban J connectivity index is 3.38. The molecule has 0 atom stereocenters. The Morgan fingerprint density at radius 3 is 1.29 bits per heavy atom. The molecule has 0 saturated carbocycles. The average molecular weight is 580 g/mol. The van der Waals surface area contributed by atoms with Crippen LogP contribution in [-0.4, -0.2) is 10.3 Å². The average Bonchev–Trinajstić information content (AvgIpc) is 2.28. The van der Waals surface area contributed by atoms with Crippen molar-refractivity contribution in [3.8, 4) is 0 Å². The first-order valence-electron chi connectivity index (χ1n) is 7.30. The maximum atomic E-state index is 2.87. The molecule has 0 nitrogen and oxygen atoms in total. The molecular weight excluding hydrogens is 550 g/mol. The monoisotopic (exact) mass is 582 g/mol. The summed E-state index contributed by atoms with van der Waals surface area (Å²) in [6.45, 7) is 4.60. The SMILES string of the molecule is CCCCCCC[Te](I)(I)CCCCCCC. The number of hydrogen-bond acceptors (Lipinski definition) is 0. The van der Waals surface area contributed by atoms with Crippen molar-refractivity contribution in [1.82, 2.24) is 0 Å². The number of unbranched alkanes of at least 4 members (excludes halogenated alkanes) is 8. The van der Waals surface area contributed by atoms with Crippen molar-refractivity contribution in [3.63, 3.8) is 0 Å². The van der Waals surface area contributed by atoms with Crippen molar-refractivity contribution in [2.24, 2.45) is 0 Å². The van der Waals surface area contributed by atoms with Crippen molar-refractivity contribution in [3.05, 3.63) is 0 Å². The third-order valence-corrected chi connectivity index (χ3v) is 20.0. The molecule has 0 aromatic carbocycles. The molecule has 0 fully saturated rings. The molecule has 0 amide bonds. The second kappa shape index (κ2) is 13.2. The van der Waals surface area contributed by atoms with Crippen LogP contribution in [0.4, 0.5) is 0 Å². The second-order valence-corrected chi connectivity index (χ2v) is 45.2. The van der Waals surface area contributed by atoms with Gasteiger partial charge in [0.25, 0.3) is 0 Å². The van der Waals surface area contributed by atoms with E-state index in [9.17, 15) is 0 Å². The van der Waals surface area contributed by atoms with Crippen molar-refractivity contribution in [2.45, 2.75) is 87.0 Å². The van der Waals surface area contributed by atoms with Crippen LogP contribution >= 0.6 is 37.4 Å². The summed E-state index contributed by atoms with van der Waals surface area (Å²) >= 11 is 5.75. The Kier molecular flexibility index (Phi) is 15.0. The van der Waals surface area contributed by atoms with E-state index in [1.54, 1.807) is 8.94 Å². The summed E-state index contributed by atoms with van der Waals surface area (Å²) in [5, 5.41) is 0. The van der Waals surface area contributed by atoms with E-state index >= 15 is 0 Å². The van der Waals surface area contributed by atoms with Crippen LogP contribution in [0.2, 0.25) is 8.94 Å². The van der Waals surface area contributed by atoms with Crippen LogP contribution in [0.25, 0.3) is 0 Å². The van der Waals surface area contributed by atoms with E-state index in [2.05, 4.69) is 51.2 Å². The summed E-state index contributed by atoms with van der Waals surface area (Å²) in [5.41, 5.74) is 0. The van der Waals surface area contributed by atoms with Gasteiger partial charge in [0.05, 0.1) is 0 Å². The van der Waals surface area contributed by atoms with E-state index in [0.717, 1.165) is 0 Å². The van der Waals surface area contributed by atoms with Crippen molar-refractivity contribution in [1.29, 1.82) is 0 Å². The van der Waals surface area contributed by atoms with E-state index in [1.807, 2.05) is 0 Å². The zero-order valence-corrected chi connectivity index (χ0v) is 18.3. The normalized spacial score (nSPS) is 12.9. The van der Waals surface area contributed by atoms with Gasteiger partial charge in [0.2, 0.25) is 0 Å². The minimum atomic E-state index is -1.41. The van der Waals surface area contributed by atoms with Crippen LogP contribution in [0, 0.1) is 0 Å². The van der Waals surface area contributed by atoms with Crippen molar-refractivity contribution in [2.75, 3.05) is 0 Å². The summed E-state index contributed by atoms with van der Waals surface area (Å²) in [6.07, 6.45) is 14.6. The van der Waals surface area contributed by atoms with Crippen molar-refractivity contribution < 1.29 is 0 Å². The van der Waals surface area contributed by atoms with E-state index in [-0.39, 0.29) is 0 Å². The van der Waals surface area contributed by atoms with Crippen LogP contribution in [0.15, 0.2) is 0 Å². The van der Waals surface area contributed by atoms with Crippen LogP contribution in [-0.2, 0) is 0 Å². The van der Waals surface area contributed by atoms with Gasteiger partial charge in [0, 0.05) is 0 Å². The predicted octanol–water partition coefficient (Wildman–Crippen LogP) is 7.24. The van der Waals surface area contributed by atoms with Gasteiger partial charge in [-0.15, -0.1) is 0 Å². The summed E-state index contributed by atoms with van der Waals surface area (Å²) < 4.78 is 3.20. The topological polar surface area (TPSA) is 0 Å². The molecule has 0 aromatic rings. The minimum absolute atomic E-state index is 1.37. The Labute approximate surface area is 133 Å². The quantitative estimate of drug-likeness (QED) is 0.130. The molecule has 0 bridgehead atoms. The molecule has 3 heteroatoms. The molecule has 0 rings (SSSR count). The number of hydrogen-bond donors (Lipinski definition) is 0. The summed E-state index contributed by atoms with van der Waals surface area (Å²) in [5.74, 6) is 0. The Morgan fingerprint density at radius 1 is 0.588 bits per heavy atom. The van der Waals surface area contributed by atoms with Crippen molar-refractivity contribution >= 4 is 47.7 Å². The van der Waals surface area contributed by atoms with E-state index in [1.165, 1.54) is 64.2 Å². The van der Waals surface area contributed by atoms with Gasteiger partial charge in [-0.25, -0.2) is 0 Å². The first-order valence-corrected chi connectivity index (χ1v) is 24.2. The molecule has 17 heavy (non-hydrogen) atoms. The van der Waals surface area contributed by atoms with Gasteiger partial charge in [-0.2, -0.15) is 0 Å². The van der Waals surface area contributed by atoms with E-state index in [0.29, 0.717) is 0 Å².